The first kappa shape index (κ1) is 12.5. The molecule has 0 aliphatic carbocycles. The molecule has 0 rings (SSSR count). The lowest BCUT2D eigenvalue weighted by molar-refractivity contribution is 0.232. The Morgan fingerprint density at radius 2 is 1.92 bits per heavy atom. The number of sulfonamides is 1. The highest BCUT2D eigenvalue weighted by atomic mass is 127. The van der Waals surface area contributed by atoms with Crippen molar-refractivity contribution in [2.24, 2.45) is 0 Å². The summed E-state index contributed by atoms with van der Waals surface area (Å²) >= 11 is 2.14. The number of hydrogen-bond donors (Lipinski definition) is 1. The summed E-state index contributed by atoms with van der Waals surface area (Å²) in [6.07, 6.45) is 1.42. The molecule has 0 amide bonds. The second-order valence-electron chi connectivity index (χ2n) is 2.10. The first-order valence-electron chi connectivity index (χ1n) is 3.33. The van der Waals surface area contributed by atoms with E-state index in [-0.39, 0.29) is 6.54 Å². The van der Waals surface area contributed by atoms with Crippen LogP contribution in [0.1, 0.15) is 12.8 Å². The van der Waals surface area contributed by atoms with Crippen LogP contribution in [0.3, 0.4) is 0 Å². The maximum absolute atomic E-state index is 11.7. The van der Waals surface area contributed by atoms with Gasteiger partial charge in [-0.1, -0.05) is 22.6 Å². The van der Waals surface area contributed by atoms with Crippen molar-refractivity contribution in [2.75, 3.05) is 11.0 Å². The number of halogens is 3. The molecule has 12 heavy (non-hydrogen) atoms. The molecule has 0 radical (unpaired) electrons. The van der Waals surface area contributed by atoms with Crippen molar-refractivity contribution in [1.82, 2.24) is 4.72 Å². The van der Waals surface area contributed by atoms with Crippen molar-refractivity contribution in [1.29, 1.82) is 0 Å². The normalized spacial score (nSPS) is 12.3. The number of nitrogens with one attached hydrogen (secondary N) is 1. The Hall–Kier alpha value is 0.500. The Morgan fingerprint density at radius 1 is 1.33 bits per heavy atom. The first-order chi connectivity index (χ1) is 5.50. The van der Waals surface area contributed by atoms with Gasteiger partial charge in [-0.15, -0.1) is 0 Å². The first-order valence-corrected chi connectivity index (χ1v) is 6.40. The van der Waals surface area contributed by atoms with Crippen LogP contribution >= 0.6 is 22.6 Å². The lowest BCUT2D eigenvalue weighted by atomic mass is 10.3. The summed E-state index contributed by atoms with van der Waals surface area (Å²) in [6.45, 7) is 0.0929. The molecule has 0 fully saturated rings. The minimum absolute atomic E-state index is 0.0929. The summed E-state index contributed by atoms with van der Waals surface area (Å²) in [6, 6.07) is 0. The molecule has 0 atom stereocenters. The van der Waals surface area contributed by atoms with Gasteiger partial charge < -0.3 is 0 Å². The summed E-state index contributed by atoms with van der Waals surface area (Å²) < 4.78 is 46.9. The summed E-state index contributed by atoms with van der Waals surface area (Å²) in [5.41, 5.74) is 0. The lowest BCUT2D eigenvalue weighted by Crippen LogP contribution is -2.30. The van der Waals surface area contributed by atoms with Gasteiger partial charge in [0.2, 0.25) is 0 Å². The van der Waals surface area contributed by atoms with E-state index in [1.165, 1.54) is 0 Å². The molecule has 0 aliphatic rings. The van der Waals surface area contributed by atoms with Crippen molar-refractivity contribution in [3.63, 3.8) is 0 Å². The predicted octanol–water partition coefficient (Wildman–Crippen LogP) is 1.34. The second-order valence-corrected chi connectivity index (χ2v) is 4.91. The fourth-order valence-corrected chi connectivity index (χ4v) is 1.59. The summed E-state index contributed by atoms with van der Waals surface area (Å²) in [7, 11) is -4.36. The van der Waals surface area contributed by atoms with Crippen LogP contribution in [0.2, 0.25) is 0 Å². The van der Waals surface area contributed by atoms with Crippen molar-refractivity contribution in [3.05, 3.63) is 0 Å². The Morgan fingerprint density at radius 3 is 2.33 bits per heavy atom. The molecule has 0 bridgehead atoms. The topological polar surface area (TPSA) is 46.2 Å². The van der Waals surface area contributed by atoms with Crippen molar-refractivity contribution >= 4 is 32.6 Å². The number of rotatable bonds is 6. The van der Waals surface area contributed by atoms with Gasteiger partial charge in [-0.05, 0) is 17.3 Å². The van der Waals surface area contributed by atoms with E-state index in [1.54, 1.807) is 0 Å². The molecule has 0 aromatic heterocycles. The van der Waals surface area contributed by atoms with Crippen LogP contribution in [0.15, 0.2) is 0 Å². The molecule has 1 N–H and O–H groups in total. The highest BCUT2D eigenvalue weighted by Gasteiger charge is 2.22. The molecule has 0 aromatic carbocycles. The van der Waals surface area contributed by atoms with E-state index in [1.807, 2.05) is 4.72 Å². The van der Waals surface area contributed by atoms with E-state index >= 15 is 0 Å². The third-order valence-electron chi connectivity index (χ3n) is 1.10. The molecule has 0 saturated carbocycles. The van der Waals surface area contributed by atoms with E-state index in [0.29, 0.717) is 6.42 Å². The van der Waals surface area contributed by atoms with E-state index in [4.69, 9.17) is 0 Å². The molecule has 0 saturated heterocycles. The zero-order chi connectivity index (χ0) is 9.61. The van der Waals surface area contributed by atoms with Crippen LogP contribution in [0.4, 0.5) is 8.78 Å². The Balaban J connectivity index is 3.63. The van der Waals surface area contributed by atoms with Gasteiger partial charge in [-0.2, -0.15) is 8.78 Å². The smallest absolute Gasteiger partial charge is 0.210 e. The maximum atomic E-state index is 11.7. The molecule has 0 spiro atoms. The third kappa shape index (κ3) is 5.20. The molecule has 7 heteroatoms. The Bertz CT molecular complexity index is 207. The molecular formula is C5H10F2INO2S. The monoisotopic (exact) mass is 313 g/mol. The van der Waals surface area contributed by atoms with Crippen LogP contribution in [0.25, 0.3) is 0 Å². The summed E-state index contributed by atoms with van der Waals surface area (Å²) in [5, 5.41) is 0. The fourth-order valence-electron chi connectivity index (χ4n) is 0.497. The number of unbranched alkanes of at least 4 members (excludes halogenated alkanes) is 1. The Labute approximate surface area is 84.1 Å². The largest absolute Gasteiger partial charge is 0.350 e. The number of hydrogen-bond acceptors (Lipinski definition) is 2. The van der Waals surface area contributed by atoms with Gasteiger partial charge in [0.25, 0.3) is 10.0 Å². The van der Waals surface area contributed by atoms with E-state index in [2.05, 4.69) is 22.6 Å². The van der Waals surface area contributed by atoms with Gasteiger partial charge >= 0.3 is 5.76 Å². The number of alkyl halides is 3. The SMILES string of the molecule is O=S(=O)(NCCCCI)C(F)F. The van der Waals surface area contributed by atoms with Gasteiger partial charge in [-0.25, -0.2) is 13.1 Å². The average molecular weight is 313 g/mol. The van der Waals surface area contributed by atoms with E-state index < -0.39 is 15.8 Å². The van der Waals surface area contributed by atoms with Crippen LogP contribution < -0.4 is 4.72 Å². The standard InChI is InChI=1S/C5H10F2INO2S/c6-5(7)12(10,11)9-4-2-1-3-8/h5,9H,1-4H2. The molecule has 3 nitrogen and oxygen atoms in total. The molecular weight excluding hydrogens is 303 g/mol. The van der Waals surface area contributed by atoms with E-state index in [9.17, 15) is 17.2 Å². The van der Waals surface area contributed by atoms with Crippen LogP contribution in [-0.4, -0.2) is 25.1 Å². The zero-order valence-electron chi connectivity index (χ0n) is 6.26. The van der Waals surface area contributed by atoms with Gasteiger partial charge in [0.05, 0.1) is 0 Å². The molecule has 74 valence electrons. The quantitative estimate of drug-likeness (QED) is 0.457. The maximum Gasteiger partial charge on any atom is 0.350 e. The Kier molecular flexibility index (Phi) is 6.28. The molecule has 0 unspecified atom stereocenters. The average Bonchev–Trinajstić information content (AvgIpc) is 1.98. The van der Waals surface area contributed by atoms with Crippen LogP contribution in [-0.2, 0) is 10.0 Å². The summed E-state index contributed by atoms with van der Waals surface area (Å²) in [4.78, 5) is 0. The second kappa shape index (κ2) is 6.03. The zero-order valence-corrected chi connectivity index (χ0v) is 9.24. The van der Waals surface area contributed by atoms with Gasteiger partial charge in [0, 0.05) is 6.54 Å². The highest BCUT2D eigenvalue weighted by molar-refractivity contribution is 14.1. The van der Waals surface area contributed by atoms with Crippen molar-refractivity contribution < 1.29 is 17.2 Å². The van der Waals surface area contributed by atoms with Crippen LogP contribution in [0.5, 0.6) is 0 Å². The summed E-state index contributed by atoms with van der Waals surface area (Å²) in [5.74, 6) is -3.32. The van der Waals surface area contributed by atoms with Gasteiger partial charge in [0.15, 0.2) is 0 Å². The van der Waals surface area contributed by atoms with Crippen molar-refractivity contribution in [3.8, 4) is 0 Å². The predicted molar refractivity (Wildman–Crippen MR) is 51.0 cm³/mol. The minimum atomic E-state index is -4.36. The lowest BCUT2D eigenvalue weighted by Gasteiger charge is -2.03. The van der Waals surface area contributed by atoms with Gasteiger partial charge in [0.1, 0.15) is 0 Å². The van der Waals surface area contributed by atoms with Crippen molar-refractivity contribution in [2.45, 2.75) is 18.6 Å². The van der Waals surface area contributed by atoms with E-state index in [0.717, 1.165) is 10.8 Å². The fraction of sp³-hybridized carbons (Fsp3) is 1.00. The molecule has 0 heterocycles. The van der Waals surface area contributed by atoms with Crippen LogP contribution in [0, 0.1) is 0 Å². The highest BCUT2D eigenvalue weighted by Crippen LogP contribution is 2.02. The minimum Gasteiger partial charge on any atom is -0.210 e. The third-order valence-corrected chi connectivity index (χ3v) is 2.94. The van der Waals surface area contributed by atoms with Gasteiger partial charge in [-0.3, -0.25) is 0 Å². The molecule has 0 aromatic rings. The molecule has 0 aliphatic heterocycles.